The first kappa shape index (κ1) is 32.7. The van der Waals surface area contributed by atoms with Crippen LogP contribution < -0.4 is 4.18 Å². The number of aryl methyl sites for hydroxylation is 1. The van der Waals surface area contributed by atoms with Crippen molar-refractivity contribution >= 4 is 44.9 Å². The fourth-order valence-corrected chi connectivity index (χ4v) is 8.31. The fourth-order valence-electron chi connectivity index (χ4n) is 6.74. The van der Waals surface area contributed by atoms with Gasteiger partial charge in [-0.15, -0.1) is 0 Å². The minimum absolute atomic E-state index is 0.0258. The van der Waals surface area contributed by atoms with Crippen molar-refractivity contribution in [1.82, 2.24) is 4.90 Å². The number of allylic oxidation sites excluding steroid dienone is 4. The number of Topliss-reactive ketones (excluding diaryl/α,β-unsaturated/α-hetero) is 2. The molecule has 0 fully saturated rings. The maximum atomic E-state index is 14.2. The van der Waals surface area contributed by atoms with Crippen LogP contribution in [0, 0.1) is 17.8 Å². The molecule has 3 aliphatic rings. The lowest BCUT2D eigenvalue weighted by Gasteiger charge is -2.49. The van der Waals surface area contributed by atoms with E-state index in [0.29, 0.717) is 43.6 Å². The number of carbonyl (C=O) groups is 2. The largest absolute Gasteiger partial charge is 0.385 e. The number of nitrogens with zero attached hydrogens (tertiary/aromatic N) is 1. The lowest BCUT2D eigenvalue weighted by Crippen LogP contribution is -2.45. The molecule has 0 saturated heterocycles. The van der Waals surface area contributed by atoms with Crippen molar-refractivity contribution in [2.45, 2.75) is 77.5 Å². The van der Waals surface area contributed by atoms with Crippen molar-refractivity contribution in [3.05, 3.63) is 80.1 Å². The zero-order valence-electron chi connectivity index (χ0n) is 26.1. The molecule has 2 aliphatic carbocycles. The Hall–Kier alpha value is -2.65. The van der Waals surface area contributed by atoms with Gasteiger partial charge in [-0.1, -0.05) is 68.6 Å². The first-order valence-electron chi connectivity index (χ1n) is 14.8. The molecule has 2 aromatic rings. The molecule has 0 unspecified atom stereocenters. The van der Waals surface area contributed by atoms with Crippen LogP contribution in [0.25, 0.3) is 0 Å². The van der Waals surface area contributed by atoms with Crippen LogP contribution in [0.5, 0.6) is 5.75 Å². The van der Waals surface area contributed by atoms with Gasteiger partial charge in [-0.25, -0.2) is 0 Å². The normalized spacial score (nSPS) is 20.1. The molecule has 1 aliphatic heterocycles. The smallest absolute Gasteiger partial charge is 0.339 e. The lowest BCUT2D eigenvalue weighted by atomic mass is 9.63. The summed E-state index contributed by atoms with van der Waals surface area (Å²) in [6, 6.07) is 9.28. The molecule has 10 heteroatoms. The highest BCUT2D eigenvalue weighted by Crippen LogP contribution is 2.56. The molecular formula is C34H39Cl2NO6S. The molecule has 0 aromatic heterocycles. The first-order valence-corrected chi connectivity index (χ1v) is 17.0. The van der Waals surface area contributed by atoms with Gasteiger partial charge in [0.2, 0.25) is 0 Å². The summed E-state index contributed by atoms with van der Waals surface area (Å²) in [4.78, 5) is 30.4. The predicted octanol–water partition coefficient (Wildman–Crippen LogP) is 7.79. The van der Waals surface area contributed by atoms with E-state index < -0.39 is 16.0 Å². The number of methoxy groups -OCH3 is 1. The summed E-state index contributed by atoms with van der Waals surface area (Å²) >= 11 is 13.3. The highest BCUT2D eigenvalue weighted by atomic mass is 35.5. The van der Waals surface area contributed by atoms with Crippen molar-refractivity contribution in [2.24, 2.45) is 10.8 Å². The molecule has 0 saturated carbocycles. The summed E-state index contributed by atoms with van der Waals surface area (Å²) in [5, 5.41) is 0.214. The van der Waals surface area contributed by atoms with Gasteiger partial charge in [0.15, 0.2) is 17.3 Å². The molecule has 0 N–H and O–H groups in total. The molecule has 0 bridgehead atoms. The van der Waals surface area contributed by atoms with Crippen LogP contribution in [-0.2, 0) is 24.4 Å². The average molecular weight is 661 g/mol. The Labute approximate surface area is 270 Å². The van der Waals surface area contributed by atoms with Gasteiger partial charge in [-0.3, -0.25) is 9.59 Å². The van der Waals surface area contributed by atoms with E-state index >= 15 is 0 Å². The van der Waals surface area contributed by atoms with Gasteiger partial charge < -0.3 is 13.8 Å². The van der Waals surface area contributed by atoms with Crippen LogP contribution in [-0.4, -0.2) is 45.1 Å². The summed E-state index contributed by atoms with van der Waals surface area (Å²) in [5.74, 6) is -1.20. The number of ether oxygens (including phenoxy) is 1. The van der Waals surface area contributed by atoms with Crippen LogP contribution in [0.2, 0.25) is 10.0 Å². The van der Waals surface area contributed by atoms with E-state index in [9.17, 15) is 18.0 Å². The summed E-state index contributed by atoms with van der Waals surface area (Å²) in [6.07, 6.45) is 2.47. The molecule has 0 radical (unpaired) electrons. The number of hydrogen-bond donors (Lipinski definition) is 0. The molecule has 1 heterocycles. The van der Waals surface area contributed by atoms with Gasteiger partial charge >= 0.3 is 10.1 Å². The molecule has 5 rings (SSSR count). The van der Waals surface area contributed by atoms with Crippen molar-refractivity contribution < 1.29 is 26.9 Å². The molecule has 0 atom stereocenters. The van der Waals surface area contributed by atoms with Crippen LogP contribution in [0.3, 0.4) is 0 Å². The quantitative estimate of drug-likeness (QED) is 0.211. The first-order chi connectivity index (χ1) is 20.5. The Morgan fingerprint density at radius 2 is 1.43 bits per heavy atom. The van der Waals surface area contributed by atoms with Crippen molar-refractivity contribution in [1.29, 1.82) is 0 Å². The third-order valence-corrected chi connectivity index (χ3v) is 10.3. The maximum Gasteiger partial charge on any atom is 0.339 e. The van der Waals surface area contributed by atoms with Gasteiger partial charge in [0, 0.05) is 72.1 Å². The Kier molecular flexibility index (Phi) is 8.88. The summed E-state index contributed by atoms with van der Waals surface area (Å²) < 4.78 is 38.3. The topological polar surface area (TPSA) is 90.0 Å². The van der Waals surface area contributed by atoms with Crippen molar-refractivity contribution in [3.63, 3.8) is 0 Å². The Morgan fingerprint density at radius 3 is 1.95 bits per heavy atom. The molecule has 7 nitrogen and oxygen atoms in total. The molecule has 0 spiro atoms. The molecule has 236 valence electrons. The molecule has 44 heavy (non-hydrogen) atoms. The standard InChI is InChI=1S/C34H39Cl2NO6S/c1-20-8-10-22(11-9-20)44(40,41)43-32-23(14-21(35)15-24(32)36)29-30-25(16-33(2,3)18-27(30)38)37(12-7-13-42-6)26-17-34(4,5)19-28(39)31(26)29/h8-11,14-15,29H,7,12-13,16-19H2,1-6H3. The van der Waals surface area contributed by atoms with E-state index in [4.69, 9.17) is 32.1 Å². The minimum Gasteiger partial charge on any atom is -0.385 e. The predicted molar refractivity (Wildman–Crippen MR) is 171 cm³/mol. The van der Waals surface area contributed by atoms with Crippen molar-refractivity contribution in [2.75, 3.05) is 20.3 Å². The summed E-state index contributed by atoms with van der Waals surface area (Å²) in [7, 11) is -2.68. The highest BCUT2D eigenvalue weighted by Gasteiger charge is 2.50. The Bertz CT molecular complexity index is 1630. The highest BCUT2D eigenvalue weighted by molar-refractivity contribution is 7.87. The summed E-state index contributed by atoms with van der Waals surface area (Å²) in [5.41, 5.74) is 3.20. The second kappa shape index (κ2) is 11.9. The van der Waals surface area contributed by atoms with Gasteiger partial charge in [0.25, 0.3) is 0 Å². The van der Waals surface area contributed by atoms with Crippen LogP contribution >= 0.6 is 23.2 Å². The van der Waals surface area contributed by atoms with E-state index in [0.717, 1.165) is 17.0 Å². The zero-order valence-corrected chi connectivity index (χ0v) is 28.4. The van der Waals surface area contributed by atoms with Crippen LogP contribution in [0.15, 0.2) is 63.8 Å². The molecule has 0 amide bonds. The Balaban J connectivity index is 1.77. The zero-order chi connectivity index (χ0) is 32.2. The third-order valence-electron chi connectivity index (χ3n) is 8.60. The van der Waals surface area contributed by atoms with E-state index in [1.54, 1.807) is 25.3 Å². The average Bonchev–Trinajstić information content (AvgIpc) is 2.89. The van der Waals surface area contributed by atoms with Crippen LogP contribution in [0.4, 0.5) is 0 Å². The van der Waals surface area contributed by atoms with Gasteiger partial charge in [-0.2, -0.15) is 8.42 Å². The van der Waals surface area contributed by atoms with Crippen molar-refractivity contribution in [3.8, 4) is 5.75 Å². The number of benzene rings is 2. The second-order valence-corrected chi connectivity index (χ2v) is 16.1. The van der Waals surface area contributed by atoms with E-state index in [2.05, 4.69) is 32.6 Å². The number of halogens is 2. The van der Waals surface area contributed by atoms with E-state index in [-0.39, 0.29) is 61.5 Å². The van der Waals surface area contributed by atoms with Gasteiger partial charge in [0.05, 0.1) is 5.02 Å². The number of carbonyl (C=O) groups excluding carboxylic acids is 2. The number of hydrogen-bond acceptors (Lipinski definition) is 7. The minimum atomic E-state index is -4.33. The van der Waals surface area contributed by atoms with Gasteiger partial charge in [0.1, 0.15) is 4.90 Å². The summed E-state index contributed by atoms with van der Waals surface area (Å²) in [6.45, 7) is 11.2. The molecular weight excluding hydrogens is 621 g/mol. The van der Waals surface area contributed by atoms with Crippen LogP contribution in [0.1, 0.15) is 76.8 Å². The third kappa shape index (κ3) is 6.37. The monoisotopic (exact) mass is 659 g/mol. The maximum absolute atomic E-state index is 14.2. The molecule has 2 aromatic carbocycles. The Morgan fingerprint density at radius 1 is 0.886 bits per heavy atom. The lowest BCUT2D eigenvalue weighted by molar-refractivity contribution is -0.119. The van der Waals surface area contributed by atoms with E-state index in [1.165, 1.54) is 18.2 Å². The fraction of sp³-hybridized carbons (Fsp3) is 0.471. The number of ketones is 2. The van der Waals surface area contributed by atoms with Gasteiger partial charge in [-0.05, 0) is 61.3 Å². The SMILES string of the molecule is COCCCN1C2=C(C(=O)CC(C)(C)C2)C(c2cc(Cl)cc(Cl)c2OS(=O)(=O)c2ccc(C)cc2)C2=C1CC(C)(C)CC2=O. The second-order valence-electron chi connectivity index (χ2n) is 13.7. The van der Waals surface area contributed by atoms with E-state index in [1.807, 2.05) is 6.92 Å². The number of rotatable bonds is 8.